The van der Waals surface area contributed by atoms with Gasteiger partial charge in [0.1, 0.15) is 11.2 Å². The number of furan rings is 2. The maximum Gasteiger partial charge on any atom is 0.159 e. The molecule has 0 radical (unpaired) electrons. The Bertz CT molecular complexity index is 3430. The zero-order valence-corrected chi connectivity index (χ0v) is 37.9. The minimum absolute atomic E-state index is 0.331. The van der Waals surface area contributed by atoms with Crippen LogP contribution in [-0.4, -0.2) is 0 Å². The third-order valence-corrected chi connectivity index (χ3v) is 12.9. The van der Waals surface area contributed by atoms with Crippen LogP contribution in [0.5, 0.6) is 0 Å². The number of rotatable bonds is 8. The lowest BCUT2D eigenvalue weighted by Gasteiger charge is -2.29. The van der Waals surface area contributed by atoms with Gasteiger partial charge in [0.15, 0.2) is 11.2 Å². The van der Waals surface area contributed by atoms with Crippen LogP contribution < -0.4 is 9.80 Å². The third-order valence-electron chi connectivity index (χ3n) is 12.9. The fourth-order valence-corrected chi connectivity index (χ4v) is 10.0. The summed E-state index contributed by atoms with van der Waals surface area (Å²) in [4.78, 5) is 4.77. The zero-order valence-electron chi connectivity index (χ0n) is 37.9. The highest BCUT2D eigenvalue weighted by molar-refractivity contribution is 6.28. The summed E-state index contributed by atoms with van der Waals surface area (Å²) in [5.41, 5.74) is 12.4. The molecule has 65 heavy (non-hydrogen) atoms. The maximum atomic E-state index is 6.96. The van der Waals surface area contributed by atoms with Crippen LogP contribution in [0.25, 0.3) is 76.2 Å². The minimum atomic E-state index is 0.331. The topological polar surface area (TPSA) is 32.8 Å². The first-order chi connectivity index (χ1) is 31.9. The lowest BCUT2D eigenvalue weighted by Crippen LogP contribution is -2.11. The van der Waals surface area contributed by atoms with Gasteiger partial charge < -0.3 is 18.6 Å². The molecule has 2 aromatic heterocycles. The van der Waals surface area contributed by atoms with Gasteiger partial charge in [0.2, 0.25) is 0 Å². The van der Waals surface area contributed by atoms with E-state index < -0.39 is 0 Å². The highest BCUT2D eigenvalue weighted by Gasteiger charge is 2.26. The summed E-state index contributed by atoms with van der Waals surface area (Å²) >= 11 is 0. The number of fused-ring (bicyclic) bond motifs is 6. The summed E-state index contributed by atoms with van der Waals surface area (Å²) in [5.74, 6) is 0.662. The first-order valence-corrected chi connectivity index (χ1v) is 23.1. The first kappa shape index (κ1) is 40.2. The smallest absolute Gasteiger partial charge is 0.159 e. The minimum Gasteiger partial charge on any atom is -0.454 e. The second kappa shape index (κ2) is 16.2. The second-order valence-corrected chi connectivity index (χ2v) is 17.9. The van der Waals surface area contributed by atoms with Crippen LogP contribution in [0.3, 0.4) is 0 Å². The highest BCUT2D eigenvalue weighted by Crippen LogP contribution is 2.50. The van der Waals surface area contributed by atoms with Crippen LogP contribution in [0.15, 0.2) is 191 Å². The quantitative estimate of drug-likeness (QED) is 0.143. The molecule has 0 bridgehead atoms. The summed E-state index contributed by atoms with van der Waals surface area (Å²) in [6.45, 7) is 13.2. The molecule has 0 aliphatic heterocycles. The molecule has 12 rings (SSSR count). The number of para-hydroxylation sites is 6. The molecule has 318 valence electrons. The van der Waals surface area contributed by atoms with Crippen LogP contribution in [0, 0.1) is 0 Å². The predicted octanol–water partition coefficient (Wildman–Crippen LogP) is 19.0. The Morgan fingerprint density at radius 3 is 1.08 bits per heavy atom. The molecular formula is C61H52N2O2. The van der Waals surface area contributed by atoms with E-state index in [0.717, 1.165) is 78.0 Å². The average Bonchev–Trinajstić information content (AvgIpc) is 3.92. The number of benzene rings is 10. The van der Waals surface area contributed by atoms with E-state index in [4.69, 9.17) is 8.83 Å². The lowest BCUT2D eigenvalue weighted by atomic mass is 9.91. The summed E-state index contributed by atoms with van der Waals surface area (Å²) in [5, 5.41) is 11.7. The molecule has 0 amide bonds. The molecule has 0 saturated carbocycles. The van der Waals surface area contributed by atoms with Crippen LogP contribution in [0.2, 0.25) is 0 Å². The molecule has 0 fully saturated rings. The van der Waals surface area contributed by atoms with Crippen molar-refractivity contribution in [1.29, 1.82) is 0 Å². The summed E-state index contributed by atoms with van der Waals surface area (Å²) < 4.78 is 13.9. The average molecular weight is 845 g/mol. The Kier molecular flexibility index (Phi) is 10.0. The monoisotopic (exact) mass is 844 g/mol. The molecule has 0 spiro atoms. The molecule has 0 aliphatic carbocycles. The van der Waals surface area contributed by atoms with Gasteiger partial charge in [-0.25, -0.2) is 0 Å². The van der Waals surface area contributed by atoms with Crippen molar-refractivity contribution in [2.75, 3.05) is 9.80 Å². The van der Waals surface area contributed by atoms with Gasteiger partial charge in [-0.3, -0.25) is 0 Å². The largest absolute Gasteiger partial charge is 0.454 e. The van der Waals surface area contributed by atoms with Crippen molar-refractivity contribution in [1.82, 2.24) is 0 Å². The van der Waals surface area contributed by atoms with E-state index in [9.17, 15) is 0 Å². The Morgan fingerprint density at radius 2 is 0.692 bits per heavy atom. The maximum absolute atomic E-state index is 6.96. The standard InChI is InChI=1S/C58H44N2O2.C3H8/c1-35(2)41-19-11-21-43-45-23-13-25-51(57(45)61-55(41)43)59(39-15-7-5-8-16-39)49-33-29-37-28-32-48-50(34-30-38-27-31-47(49)53(37)54(38)48)60(40-17-9-6-10-18-40)52-26-14-24-46-44-22-12-20-42(36(3)4)56(44)62-58(46)52;1-3-2/h5-36H,1-4H3;3H2,1-2H3. The van der Waals surface area contributed by atoms with Gasteiger partial charge in [0.05, 0.1) is 22.7 Å². The van der Waals surface area contributed by atoms with Crippen molar-refractivity contribution in [3.8, 4) is 0 Å². The molecule has 0 N–H and O–H groups in total. The first-order valence-electron chi connectivity index (χ1n) is 23.1. The lowest BCUT2D eigenvalue weighted by molar-refractivity contribution is 0.657. The molecule has 10 aromatic carbocycles. The molecule has 0 atom stereocenters. The SMILES string of the molecule is CC(C)c1cccc2c1oc1c(N(c3ccccc3)c3ccc4ccc5c(N(c6ccccc6)c6cccc7c6oc6c(C(C)C)cccc67)ccc6ccc3c4c65)cccc12.CCC. The fourth-order valence-electron chi connectivity index (χ4n) is 10.0. The van der Waals surface area contributed by atoms with Crippen molar-refractivity contribution < 1.29 is 8.83 Å². The molecule has 4 heteroatoms. The number of hydrogen-bond donors (Lipinski definition) is 0. The fraction of sp³-hybridized carbons (Fsp3) is 0.148. The van der Waals surface area contributed by atoms with Crippen molar-refractivity contribution in [3.63, 3.8) is 0 Å². The molecule has 0 unspecified atom stereocenters. The van der Waals surface area contributed by atoms with Crippen molar-refractivity contribution in [3.05, 3.63) is 193 Å². The van der Waals surface area contributed by atoms with E-state index in [0.29, 0.717) is 11.8 Å². The molecule has 12 aromatic rings. The number of nitrogens with zero attached hydrogens (tertiary/aromatic N) is 2. The van der Waals surface area contributed by atoms with Gasteiger partial charge in [0.25, 0.3) is 0 Å². The second-order valence-electron chi connectivity index (χ2n) is 17.9. The Labute approximate surface area is 380 Å². The van der Waals surface area contributed by atoms with Crippen LogP contribution >= 0.6 is 0 Å². The van der Waals surface area contributed by atoms with Crippen LogP contribution in [0.1, 0.15) is 70.9 Å². The molecule has 2 heterocycles. The Hall–Kier alpha value is -7.56. The van der Waals surface area contributed by atoms with E-state index >= 15 is 0 Å². The molecular weight excluding hydrogens is 793 g/mol. The van der Waals surface area contributed by atoms with Gasteiger partial charge >= 0.3 is 0 Å². The zero-order chi connectivity index (χ0) is 44.3. The van der Waals surface area contributed by atoms with Crippen molar-refractivity contribution >= 4 is 110 Å². The summed E-state index contributed by atoms with van der Waals surface area (Å²) in [6, 6.07) is 65.9. The van der Waals surface area contributed by atoms with Gasteiger partial charge in [0, 0.05) is 43.7 Å². The third kappa shape index (κ3) is 6.50. The Morgan fingerprint density at radius 1 is 0.338 bits per heavy atom. The van der Waals surface area contributed by atoms with Gasteiger partial charge in [-0.15, -0.1) is 0 Å². The Balaban J connectivity index is 0.00000152. The van der Waals surface area contributed by atoms with Gasteiger partial charge in [-0.2, -0.15) is 0 Å². The summed E-state index contributed by atoms with van der Waals surface area (Å²) in [7, 11) is 0. The van der Waals surface area contributed by atoms with Crippen LogP contribution in [0.4, 0.5) is 34.1 Å². The van der Waals surface area contributed by atoms with E-state index in [1.54, 1.807) is 0 Å². The molecule has 0 aliphatic rings. The molecule has 0 saturated heterocycles. The van der Waals surface area contributed by atoms with Crippen molar-refractivity contribution in [2.45, 2.75) is 59.8 Å². The number of anilines is 6. The van der Waals surface area contributed by atoms with Crippen LogP contribution in [-0.2, 0) is 0 Å². The normalized spacial score (nSPS) is 11.9. The summed E-state index contributed by atoms with van der Waals surface area (Å²) in [6.07, 6.45) is 1.25. The molecule has 4 nitrogen and oxygen atoms in total. The van der Waals surface area contributed by atoms with Crippen molar-refractivity contribution in [2.24, 2.45) is 0 Å². The van der Waals surface area contributed by atoms with E-state index in [2.05, 4.69) is 233 Å². The van der Waals surface area contributed by atoms with E-state index in [1.165, 1.54) is 49.9 Å². The predicted molar refractivity (Wildman–Crippen MR) is 278 cm³/mol. The van der Waals surface area contributed by atoms with E-state index in [-0.39, 0.29) is 0 Å². The van der Waals surface area contributed by atoms with Gasteiger partial charge in [-0.05, 0) is 93.0 Å². The van der Waals surface area contributed by atoms with Gasteiger partial charge in [-0.1, -0.05) is 181 Å². The highest BCUT2D eigenvalue weighted by atomic mass is 16.3. The number of hydrogen-bond acceptors (Lipinski definition) is 4. The van der Waals surface area contributed by atoms with E-state index in [1.807, 2.05) is 0 Å².